The molecule has 0 spiro atoms. The Bertz CT molecular complexity index is 786. The van der Waals surface area contributed by atoms with Crippen LogP contribution in [0, 0.1) is 5.92 Å². The molecule has 3 amide bonds. The molecule has 8 heteroatoms. The number of carbonyl (C=O) groups excluding carboxylic acids is 4. The van der Waals surface area contributed by atoms with E-state index in [4.69, 9.17) is 4.74 Å². The highest BCUT2D eigenvalue weighted by molar-refractivity contribution is 6.02. The molecule has 0 N–H and O–H groups in total. The molecular formula is C20H25N3O5. The summed E-state index contributed by atoms with van der Waals surface area (Å²) in [5.74, 6) is -0.672. The van der Waals surface area contributed by atoms with Gasteiger partial charge in [-0.1, -0.05) is 12.1 Å². The van der Waals surface area contributed by atoms with Crippen molar-refractivity contribution in [3.8, 4) is 0 Å². The van der Waals surface area contributed by atoms with Gasteiger partial charge in [-0.15, -0.1) is 0 Å². The van der Waals surface area contributed by atoms with Crippen LogP contribution >= 0.6 is 0 Å². The Morgan fingerprint density at radius 1 is 1.11 bits per heavy atom. The van der Waals surface area contributed by atoms with E-state index < -0.39 is 5.92 Å². The number of nitrogens with zero attached hydrogens (tertiary/aromatic N) is 3. The molecule has 2 heterocycles. The van der Waals surface area contributed by atoms with Crippen molar-refractivity contribution >= 4 is 29.4 Å². The van der Waals surface area contributed by atoms with Gasteiger partial charge in [0.15, 0.2) is 5.78 Å². The Labute approximate surface area is 164 Å². The minimum absolute atomic E-state index is 0.0675. The standard InChI is InChI=1S/C20H25N3O5/c1-3-28-20(27)22-9-7-21(8-10-22)19(26)16-12-18(25)23(13-16)17-6-4-5-15(11-17)14(2)24/h4-6,11,16H,3,7-10,12-13H2,1-2H3. The van der Waals surface area contributed by atoms with Crippen molar-refractivity contribution in [1.82, 2.24) is 9.80 Å². The smallest absolute Gasteiger partial charge is 0.409 e. The topological polar surface area (TPSA) is 87.2 Å². The van der Waals surface area contributed by atoms with E-state index in [1.54, 1.807) is 45.9 Å². The van der Waals surface area contributed by atoms with Crippen molar-refractivity contribution < 1.29 is 23.9 Å². The number of anilines is 1. The Hall–Kier alpha value is -2.90. The maximum atomic E-state index is 12.9. The van der Waals surface area contributed by atoms with E-state index in [1.165, 1.54) is 6.92 Å². The fourth-order valence-corrected chi connectivity index (χ4v) is 3.60. The highest BCUT2D eigenvalue weighted by Crippen LogP contribution is 2.27. The molecule has 2 aliphatic heterocycles. The SMILES string of the molecule is CCOC(=O)N1CCN(C(=O)C2CC(=O)N(c3cccc(C(C)=O)c3)C2)CC1. The fourth-order valence-electron chi connectivity index (χ4n) is 3.60. The van der Waals surface area contributed by atoms with Gasteiger partial charge in [-0.05, 0) is 26.0 Å². The minimum Gasteiger partial charge on any atom is -0.450 e. The zero-order valence-electron chi connectivity index (χ0n) is 16.2. The first kappa shape index (κ1) is 19.9. The molecule has 2 saturated heterocycles. The molecule has 28 heavy (non-hydrogen) atoms. The third-order valence-corrected chi connectivity index (χ3v) is 5.16. The number of hydrogen-bond acceptors (Lipinski definition) is 5. The van der Waals surface area contributed by atoms with Gasteiger partial charge in [0, 0.05) is 50.4 Å². The summed E-state index contributed by atoms with van der Waals surface area (Å²) in [6, 6.07) is 6.90. The van der Waals surface area contributed by atoms with Gasteiger partial charge in [-0.2, -0.15) is 0 Å². The number of piperazine rings is 1. The quantitative estimate of drug-likeness (QED) is 0.732. The van der Waals surface area contributed by atoms with E-state index in [1.807, 2.05) is 0 Å². The van der Waals surface area contributed by atoms with E-state index >= 15 is 0 Å². The number of amides is 3. The molecular weight excluding hydrogens is 362 g/mol. The van der Waals surface area contributed by atoms with E-state index in [2.05, 4.69) is 0 Å². The average Bonchev–Trinajstić information content (AvgIpc) is 3.09. The molecule has 0 aliphatic carbocycles. The van der Waals surface area contributed by atoms with Crippen LogP contribution in [0.1, 0.15) is 30.6 Å². The summed E-state index contributed by atoms with van der Waals surface area (Å²) in [7, 11) is 0. The van der Waals surface area contributed by atoms with E-state index in [-0.39, 0.29) is 30.1 Å². The van der Waals surface area contributed by atoms with Gasteiger partial charge in [0.05, 0.1) is 12.5 Å². The Morgan fingerprint density at radius 2 is 1.79 bits per heavy atom. The van der Waals surface area contributed by atoms with Crippen LogP contribution in [0.3, 0.4) is 0 Å². The van der Waals surface area contributed by atoms with E-state index in [9.17, 15) is 19.2 Å². The lowest BCUT2D eigenvalue weighted by atomic mass is 10.1. The summed E-state index contributed by atoms with van der Waals surface area (Å²) in [5.41, 5.74) is 1.18. The summed E-state index contributed by atoms with van der Waals surface area (Å²) < 4.78 is 4.99. The molecule has 0 aromatic heterocycles. The fraction of sp³-hybridized carbons (Fsp3) is 0.500. The van der Waals surface area contributed by atoms with Crippen LogP contribution in [-0.4, -0.2) is 72.8 Å². The van der Waals surface area contributed by atoms with Gasteiger partial charge >= 0.3 is 6.09 Å². The van der Waals surface area contributed by atoms with Gasteiger partial charge in [0.2, 0.25) is 11.8 Å². The Morgan fingerprint density at radius 3 is 2.43 bits per heavy atom. The molecule has 3 rings (SSSR count). The molecule has 150 valence electrons. The molecule has 1 aromatic rings. The molecule has 2 fully saturated rings. The molecule has 1 atom stereocenters. The van der Waals surface area contributed by atoms with Crippen molar-refractivity contribution in [3.63, 3.8) is 0 Å². The average molecular weight is 387 g/mol. The molecule has 0 saturated carbocycles. The molecule has 8 nitrogen and oxygen atoms in total. The number of carbonyl (C=O) groups is 4. The van der Waals surface area contributed by atoms with Crippen LogP contribution in [0.5, 0.6) is 0 Å². The molecule has 2 aliphatic rings. The van der Waals surface area contributed by atoms with Crippen molar-refractivity contribution in [3.05, 3.63) is 29.8 Å². The van der Waals surface area contributed by atoms with Gasteiger partial charge in [-0.25, -0.2) is 4.79 Å². The maximum absolute atomic E-state index is 12.9. The van der Waals surface area contributed by atoms with E-state index in [0.717, 1.165) is 0 Å². The van der Waals surface area contributed by atoms with Gasteiger partial charge in [0.25, 0.3) is 0 Å². The second-order valence-electron chi connectivity index (χ2n) is 7.02. The number of ketones is 1. The van der Waals surface area contributed by atoms with Crippen LogP contribution in [-0.2, 0) is 14.3 Å². The molecule has 1 aromatic carbocycles. The van der Waals surface area contributed by atoms with Gasteiger partial charge < -0.3 is 19.4 Å². The van der Waals surface area contributed by atoms with Crippen LogP contribution < -0.4 is 4.90 Å². The highest BCUT2D eigenvalue weighted by Gasteiger charge is 2.38. The monoisotopic (exact) mass is 387 g/mol. The molecule has 0 bridgehead atoms. The van der Waals surface area contributed by atoms with E-state index in [0.29, 0.717) is 50.6 Å². The first-order chi connectivity index (χ1) is 13.4. The highest BCUT2D eigenvalue weighted by atomic mass is 16.6. The second-order valence-corrected chi connectivity index (χ2v) is 7.02. The Balaban J connectivity index is 1.61. The molecule has 0 radical (unpaired) electrons. The zero-order valence-corrected chi connectivity index (χ0v) is 16.2. The summed E-state index contributed by atoms with van der Waals surface area (Å²) in [5, 5.41) is 0. The van der Waals surface area contributed by atoms with Crippen LogP contribution in [0.15, 0.2) is 24.3 Å². The number of hydrogen-bond donors (Lipinski definition) is 0. The number of Topliss-reactive ketones (excluding diaryl/α,β-unsaturated/α-hetero) is 1. The maximum Gasteiger partial charge on any atom is 0.409 e. The summed E-state index contributed by atoms with van der Waals surface area (Å²) in [6.45, 7) is 5.58. The van der Waals surface area contributed by atoms with Gasteiger partial charge in [-0.3, -0.25) is 14.4 Å². The summed E-state index contributed by atoms with van der Waals surface area (Å²) in [6.07, 6.45) is -0.205. The third-order valence-electron chi connectivity index (χ3n) is 5.16. The number of rotatable bonds is 4. The van der Waals surface area contributed by atoms with Crippen LogP contribution in [0.25, 0.3) is 0 Å². The van der Waals surface area contributed by atoms with Crippen LogP contribution in [0.4, 0.5) is 10.5 Å². The lowest BCUT2D eigenvalue weighted by Gasteiger charge is -2.35. The predicted molar refractivity (Wildman–Crippen MR) is 102 cm³/mol. The zero-order chi connectivity index (χ0) is 20.3. The third kappa shape index (κ3) is 4.16. The van der Waals surface area contributed by atoms with Crippen molar-refractivity contribution in [2.45, 2.75) is 20.3 Å². The largest absolute Gasteiger partial charge is 0.450 e. The first-order valence-electron chi connectivity index (χ1n) is 9.52. The van der Waals surface area contributed by atoms with Crippen LogP contribution in [0.2, 0.25) is 0 Å². The predicted octanol–water partition coefficient (Wildman–Crippen LogP) is 1.54. The molecule has 1 unspecified atom stereocenters. The van der Waals surface area contributed by atoms with Crippen molar-refractivity contribution in [2.75, 3.05) is 44.2 Å². The van der Waals surface area contributed by atoms with Crippen molar-refractivity contribution in [1.29, 1.82) is 0 Å². The lowest BCUT2D eigenvalue weighted by molar-refractivity contribution is -0.137. The van der Waals surface area contributed by atoms with Gasteiger partial charge in [0.1, 0.15) is 0 Å². The minimum atomic E-state index is -0.414. The van der Waals surface area contributed by atoms with Crippen molar-refractivity contribution in [2.24, 2.45) is 5.92 Å². The number of ether oxygens (including phenoxy) is 1. The summed E-state index contributed by atoms with van der Waals surface area (Å²) >= 11 is 0. The first-order valence-corrected chi connectivity index (χ1v) is 9.52. The number of benzene rings is 1. The summed E-state index contributed by atoms with van der Waals surface area (Å²) in [4.78, 5) is 53.6. The normalized spacial score (nSPS) is 19.7. The second kappa shape index (κ2) is 8.41. The lowest BCUT2D eigenvalue weighted by Crippen LogP contribution is -2.52. The Kier molecular flexibility index (Phi) is 5.96.